The van der Waals surface area contributed by atoms with Crippen LogP contribution in [0.1, 0.15) is 12.8 Å². The number of rotatable bonds is 4. The molecule has 2 aliphatic rings. The highest BCUT2D eigenvalue weighted by Gasteiger charge is 2.20. The minimum absolute atomic E-state index is 0.0302. The van der Waals surface area contributed by atoms with Crippen LogP contribution in [0.15, 0.2) is 0 Å². The molecule has 15 heavy (non-hydrogen) atoms. The lowest BCUT2D eigenvalue weighted by molar-refractivity contribution is -0.130. The molecule has 0 aromatic carbocycles. The minimum Gasteiger partial charge on any atom is -0.379 e. The molecule has 1 amide bonds. The molecule has 86 valence electrons. The molecule has 2 rings (SSSR count). The van der Waals surface area contributed by atoms with Crippen LogP contribution >= 0.6 is 0 Å². The maximum Gasteiger partial charge on any atom is 0.246 e. The van der Waals surface area contributed by atoms with Crippen LogP contribution in [0.4, 0.5) is 0 Å². The van der Waals surface area contributed by atoms with Crippen LogP contribution in [0.2, 0.25) is 0 Å². The van der Waals surface area contributed by atoms with Crippen molar-refractivity contribution in [2.75, 3.05) is 32.9 Å². The van der Waals surface area contributed by atoms with Crippen molar-refractivity contribution in [3.05, 3.63) is 0 Å². The van der Waals surface area contributed by atoms with E-state index in [9.17, 15) is 4.79 Å². The average molecular weight is 214 g/mol. The molecule has 2 aliphatic heterocycles. The second-order valence-corrected chi connectivity index (χ2v) is 4.07. The standard InChI is InChI=1S/C10H18N2O3/c13-10(7-15-9-4-11-5-9)12-8-2-1-3-14-6-8/h8-9,11H,1-7H2,(H,12,13). The van der Waals surface area contributed by atoms with E-state index in [2.05, 4.69) is 10.6 Å². The zero-order valence-electron chi connectivity index (χ0n) is 8.83. The van der Waals surface area contributed by atoms with Crippen molar-refractivity contribution in [2.45, 2.75) is 25.0 Å². The van der Waals surface area contributed by atoms with Crippen LogP contribution in [0.3, 0.4) is 0 Å². The normalized spacial score (nSPS) is 27.1. The maximum atomic E-state index is 11.4. The molecule has 2 N–H and O–H groups in total. The lowest BCUT2D eigenvalue weighted by atomic mass is 10.1. The van der Waals surface area contributed by atoms with Crippen molar-refractivity contribution in [3.8, 4) is 0 Å². The van der Waals surface area contributed by atoms with Crippen molar-refractivity contribution >= 4 is 5.91 Å². The molecule has 0 saturated carbocycles. The Balaban J connectivity index is 1.58. The predicted molar refractivity (Wildman–Crippen MR) is 54.6 cm³/mol. The molecule has 5 nitrogen and oxygen atoms in total. The van der Waals surface area contributed by atoms with Crippen molar-refractivity contribution in [2.24, 2.45) is 0 Å². The van der Waals surface area contributed by atoms with Crippen LogP contribution in [0.5, 0.6) is 0 Å². The first kappa shape index (κ1) is 10.9. The molecule has 0 aliphatic carbocycles. The number of amides is 1. The van der Waals surface area contributed by atoms with E-state index >= 15 is 0 Å². The molecule has 0 spiro atoms. The number of nitrogens with one attached hydrogen (secondary N) is 2. The van der Waals surface area contributed by atoms with Gasteiger partial charge in [-0.3, -0.25) is 4.79 Å². The summed E-state index contributed by atoms with van der Waals surface area (Å²) in [6.07, 6.45) is 2.26. The third-order valence-corrected chi connectivity index (χ3v) is 2.72. The molecule has 1 unspecified atom stereocenters. The summed E-state index contributed by atoms with van der Waals surface area (Å²) < 4.78 is 10.6. The van der Waals surface area contributed by atoms with Gasteiger partial charge in [-0.1, -0.05) is 0 Å². The van der Waals surface area contributed by atoms with E-state index in [4.69, 9.17) is 9.47 Å². The van der Waals surface area contributed by atoms with E-state index in [0.717, 1.165) is 32.5 Å². The largest absolute Gasteiger partial charge is 0.379 e. The lowest BCUT2D eigenvalue weighted by Crippen LogP contribution is -2.50. The Kier molecular flexibility index (Phi) is 3.94. The van der Waals surface area contributed by atoms with Gasteiger partial charge in [-0.15, -0.1) is 0 Å². The Hall–Kier alpha value is -0.650. The van der Waals surface area contributed by atoms with Crippen molar-refractivity contribution in [3.63, 3.8) is 0 Å². The lowest BCUT2D eigenvalue weighted by Gasteiger charge is -2.27. The van der Waals surface area contributed by atoms with E-state index in [-0.39, 0.29) is 24.7 Å². The van der Waals surface area contributed by atoms with Crippen LogP contribution in [0, 0.1) is 0 Å². The van der Waals surface area contributed by atoms with E-state index in [0.29, 0.717) is 6.61 Å². The first-order chi connectivity index (χ1) is 7.34. The Bertz CT molecular complexity index is 213. The van der Waals surface area contributed by atoms with Gasteiger partial charge in [-0.05, 0) is 12.8 Å². The van der Waals surface area contributed by atoms with Crippen LogP contribution in [-0.2, 0) is 14.3 Å². The number of hydrogen-bond acceptors (Lipinski definition) is 4. The van der Waals surface area contributed by atoms with E-state index in [1.54, 1.807) is 0 Å². The topological polar surface area (TPSA) is 59.6 Å². The molecule has 0 aromatic heterocycles. The second-order valence-electron chi connectivity index (χ2n) is 4.07. The Morgan fingerprint density at radius 3 is 3.00 bits per heavy atom. The van der Waals surface area contributed by atoms with Gasteiger partial charge in [0.2, 0.25) is 5.91 Å². The fourth-order valence-corrected chi connectivity index (χ4v) is 1.70. The Morgan fingerprint density at radius 1 is 1.53 bits per heavy atom. The van der Waals surface area contributed by atoms with Gasteiger partial charge >= 0.3 is 0 Å². The monoisotopic (exact) mass is 214 g/mol. The van der Waals surface area contributed by atoms with Gasteiger partial charge in [0, 0.05) is 19.7 Å². The summed E-state index contributed by atoms with van der Waals surface area (Å²) in [5.74, 6) is -0.0302. The van der Waals surface area contributed by atoms with Gasteiger partial charge in [0.25, 0.3) is 0 Å². The van der Waals surface area contributed by atoms with Gasteiger partial charge < -0.3 is 20.1 Å². The average Bonchev–Trinajstić information content (AvgIpc) is 2.17. The van der Waals surface area contributed by atoms with E-state index < -0.39 is 0 Å². The molecule has 2 heterocycles. The van der Waals surface area contributed by atoms with Crippen molar-refractivity contribution in [1.82, 2.24) is 10.6 Å². The quantitative estimate of drug-likeness (QED) is 0.648. The number of carbonyl (C=O) groups is 1. The molecule has 5 heteroatoms. The highest BCUT2D eigenvalue weighted by molar-refractivity contribution is 5.77. The van der Waals surface area contributed by atoms with Crippen LogP contribution in [-0.4, -0.2) is 51.0 Å². The zero-order valence-corrected chi connectivity index (χ0v) is 8.83. The summed E-state index contributed by atoms with van der Waals surface area (Å²) >= 11 is 0. The minimum atomic E-state index is -0.0302. The van der Waals surface area contributed by atoms with Gasteiger partial charge in [0.15, 0.2) is 0 Å². The van der Waals surface area contributed by atoms with Crippen molar-refractivity contribution < 1.29 is 14.3 Å². The molecule has 0 bridgehead atoms. The molecule has 0 aromatic rings. The van der Waals surface area contributed by atoms with Gasteiger partial charge in [-0.2, -0.15) is 0 Å². The number of ether oxygens (including phenoxy) is 2. The smallest absolute Gasteiger partial charge is 0.246 e. The van der Waals surface area contributed by atoms with Crippen LogP contribution in [0.25, 0.3) is 0 Å². The van der Waals surface area contributed by atoms with E-state index in [1.165, 1.54) is 0 Å². The molecule has 0 radical (unpaired) electrons. The summed E-state index contributed by atoms with van der Waals surface area (Å²) in [7, 11) is 0. The van der Waals surface area contributed by atoms with Gasteiger partial charge in [0.05, 0.1) is 18.8 Å². The zero-order chi connectivity index (χ0) is 10.5. The summed E-state index contributed by atoms with van der Waals surface area (Å²) in [5, 5.41) is 6.00. The highest BCUT2D eigenvalue weighted by atomic mass is 16.5. The molecule has 2 fully saturated rings. The van der Waals surface area contributed by atoms with Crippen LogP contribution < -0.4 is 10.6 Å². The predicted octanol–water partition coefficient (Wildman–Crippen LogP) is -0.730. The summed E-state index contributed by atoms with van der Waals surface area (Å²) in [6.45, 7) is 3.34. The van der Waals surface area contributed by atoms with E-state index in [1.807, 2.05) is 0 Å². The SMILES string of the molecule is O=C(COC1CNC1)NC1CCCOC1. The first-order valence-electron chi connectivity index (χ1n) is 5.54. The highest BCUT2D eigenvalue weighted by Crippen LogP contribution is 2.05. The Labute approximate surface area is 89.5 Å². The fraction of sp³-hybridized carbons (Fsp3) is 0.900. The maximum absolute atomic E-state index is 11.4. The Morgan fingerprint density at radius 2 is 2.40 bits per heavy atom. The molecular weight excluding hydrogens is 196 g/mol. The summed E-state index contributed by atoms with van der Waals surface area (Å²) in [6, 6.07) is 0.175. The number of hydrogen-bond donors (Lipinski definition) is 2. The molecular formula is C10H18N2O3. The first-order valence-corrected chi connectivity index (χ1v) is 5.54. The summed E-state index contributed by atoms with van der Waals surface area (Å²) in [5.41, 5.74) is 0. The summed E-state index contributed by atoms with van der Waals surface area (Å²) in [4.78, 5) is 11.4. The van der Waals surface area contributed by atoms with Gasteiger partial charge in [-0.25, -0.2) is 0 Å². The second kappa shape index (κ2) is 5.44. The third-order valence-electron chi connectivity index (χ3n) is 2.72. The molecule has 2 saturated heterocycles. The van der Waals surface area contributed by atoms with Crippen molar-refractivity contribution in [1.29, 1.82) is 0 Å². The number of carbonyl (C=O) groups excluding carboxylic acids is 1. The molecule has 1 atom stereocenters. The fourth-order valence-electron chi connectivity index (χ4n) is 1.70. The third kappa shape index (κ3) is 3.44. The van der Waals surface area contributed by atoms with Gasteiger partial charge in [0.1, 0.15) is 6.61 Å².